The predicted octanol–water partition coefficient (Wildman–Crippen LogP) is 2.64. The van der Waals surface area contributed by atoms with Crippen LogP contribution in [0, 0.1) is 6.92 Å². The van der Waals surface area contributed by atoms with Crippen LogP contribution in [0.25, 0.3) is 16.9 Å². The van der Waals surface area contributed by atoms with Gasteiger partial charge in [0.25, 0.3) is 5.91 Å². The molecule has 0 aliphatic carbocycles. The third-order valence-corrected chi connectivity index (χ3v) is 5.23. The van der Waals surface area contributed by atoms with Gasteiger partial charge < -0.3 is 4.90 Å². The van der Waals surface area contributed by atoms with Gasteiger partial charge in [0.2, 0.25) is 0 Å². The van der Waals surface area contributed by atoms with E-state index >= 15 is 0 Å². The van der Waals surface area contributed by atoms with Gasteiger partial charge in [0.1, 0.15) is 5.69 Å². The number of benzene rings is 1. The minimum Gasteiger partial charge on any atom is -0.332 e. The summed E-state index contributed by atoms with van der Waals surface area (Å²) in [6.07, 6.45) is 2.62. The number of carbonyl (C=O) groups is 1. The SMILES string of the molecule is Cc1cc2ncc3c(n2n1)CCN(C(=O)c1cc(-c2ccccc2)nn1C)C3. The maximum atomic E-state index is 13.2. The average Bonchev–Trinajstić information content (AvgIpc) is 3.29. The van der Waals surface area contributed by atoms with Crippen molar-refractivity contribution in [1.82, 2.24) is 29.3 Å². The first-order valence-corrected chi connectivity index (χ1v) is 9.32. The van der Waals surface area contributed by atoms with E-state index < -0.39 is 0 Å². The third kappa shape index (κ3) is 2.67. The standard InChI is InChI=1S/C21H20N6O/c1-14-10-20-22-12-16-13-26(9-8-18(16)27(20)23-14)21(28)19-11-17(24-25(19)2)15-6-4-3-5-7-15/h3-7,10-12H,8-9,13H2,1-2H3. The van der Waals surface area contributed by atoms with Crippen molar-refractivity contribution in [2.45, 2.75) is 19.9 Å². The summed E-state index contributed by atoms with van der Waals surface area (Å²) in [5.41, 5.74) is 6.38. The maximum absolute atomic E-state index is 13.2. The molecule has 4 heterocycles. The second-order valence-electron chi connectivity index (χ2n) is 7.17. The number of aryl methyl sites for hydroxylation is 2. The molecule has 0 spiro atoms. The van der Waals surface area contributed by atoms with E-state index in [1.165, 1.54) is 0 Å². The van der Waals surface area contributed by atoms with Crippen molar-refractivity contribution >= 4 is 11.6 Å². The second-order valence-corrected chi connectivity index (χ2v) is 7.17. The zero-order valence-corrected chi connectivity index (χ0v) is 15.8. The lowest BCUT2D eigenvalue weighted by molar-refractivity contribution is 0.0721. The van der Waals surface area contributed by atoms with E-state index in [9.17, 15) is 4.79 Å². The van der Waals surface area contributed by atoms with Crippen LogP contribution in [0.2, 0.25) is 0 Å². The Morgan fingerprint density at radius 1 is 1.11 bits per heavy atom. The van der Waals surface area contributed by atoms with Crippen molar-refractivity contribution in [3.05, 3.63) is 71.3 Å². The molecule has 0 radical (unpaired) electrons. The van der Waals surface area contributed by atoms with Gasteiger partial charge in [0.05, 0.1) is 17.1 Å². The molecule has 7 heteroatoms. The minimum atomic E-state index is -0.0143. The zero-order chi connectivity index (χ0) is 19.3. The summed E-state index contributed by atoms with van der Waals surface area (Å²) in [6.45, 7) is 3.14. The Kier molecular flexibility index (Phi) is 3.75. The Labute approximate surface area is 162 Å². The van der Waals surface area contributed by atoms with Crippen LogP contribution >= 0.6 is 0 Å². The molecule has 0 fully saturated rings. The summed E-state index contributed by atoms with van der Waals surface area (Å²) < 4.78 is 3.57. The molecule has 1 aromatic carbocycles. The Hall–Kier alpha value is -3.48. The van der Waals surface area contributed by atoms with Gasteiger partial charge in [-0.3, -0.25) is 9.48 Å². The molecule has 0 unspecified atom stereocenters. The van der Waals surface area contributed by atoms with Crippen LogP contribution in [0.1, 0.15) is 27.4 Å². The van der Waals surface area contributed by atoms with Crippen LogP contribution in [0.5, 0.6) is 0 Å². The molecule has 0 bridgehead atoms. The molecule has 1 aliphatic rings. The molecule has 28 heavy (non-hydrogen) atoms. The first kappa shape index (κ1) is 16.7. The summed E-state index contributed by atoms with van der Waals surface area (Å²) in [5, 5.41) is 9.07. The van der Waals surface area contributed by atoms with Crippen LogP contribution in [0.3, 0.4) is 0 Å². The predicted molar refractivity (Wildman–Crippen MR) is 105 cm³/mol. The number of aromatic nitrogens is 5. The summed E-state index contributed by atoms with van der Waals surface area (Å²) in [5.74, 6) is -0.0143. The summed E-state index contributed by atoms with van der Waals surface area (Å²) in [7, 11) is 1.81. The fourth-order valence-electron chi connectivity index (χ4n) is 3.81. The van der Waals surface area contributed by atoms with Gasteiger partial charge in [-0.2, -0.15) is 10.2 Å². The Morgan fingerprint density at radius 2 is 1.93 bits per heavy atom. The van der Waals surface area contributed by atoms with Crippen molar-refractivity contribution in [2.24, 2.45) is 7.05 Å². The molecular formula is C21H20N6O. The molecule has 0 N–H and O–H groups in total. The van der Waals surface area contributed by atoms with E-state index in [1.807, 2.05) is 72.0 Å². The normalized spacial score (nSPS) is 13.7. The van der Waals surface area contributed by atoms with Gasteiger partial charge in [-0.1, -0.05) is 30.3 Å². The Morgan fingerprint density at radius 3 is 2.75 bits per heavy atom. The van der Waals surface area contributed by atoms with Crippen LogP contribution in [0.15, 0.2) is 48.7 Å². The summed E-state index contributed by atoms with van der Waals surface area (Å²) in [6, 6.07) is 13.7. The molecule has 0 saturated carbocycles. The highest BCUT2D eigenvalue weighted by molar-refractivity contribution is 5.93. The van der Waals surface area contributed by atoms with Crippen molar-refractivity contribution in [3.8, 4) is 11.3 Å². The lowest BCUT2D eigenvalue weighted by atomic mass is 10.1. The average molecular weight is 372 g/mol. The smallest absolute Gasteiger partial charge is 0.272 e. The number of nitrogens with zero attached hydrogens (tertiary/aromatic N) is 6. The summed E-state index contributed by atoms with van der Waals surface area (Å²) >= 11 is 0. The molecule has 0 saturated heterocycles. The van der Waals surface area contributed by atoms with Gasteiger partial charge in [-0.25, -0.2) is 9.50 Å². The molecule has 1 aliphatic heterocycles. The third-order valence-electron chi connectivity index (χ3n) is 5.23. The van der Waals surface area contributed by atoms with E-state index in [2.05, 4.69) is 15.2 Å². The molecular weight excluding hydrogens is 352 g/mol. The van der Waals surface area contributed by atoms with E-state index in [0.717, 1.165) is 40.3 Å². The number of rotatable bonds is 2. The number of hydrogen-bond acceptors (Lipinski definition) is 4. The molecule has 4 aromatic rings. The summed E-state index contributed by atoms with van der Waals surface area (Å²) in [4.78, 5) is 19.5. The number of hydrogen-bond donors (Lipinski definition) is 0. The Balaban J connectivity index is 1.44. The number of carbonyl (C=O) groups excluding carboxylic acids is 1. The molecule has 5 rings (SSSR count). The molecule has 140 valence electrons. The molecule has 3 aromatic heterocycles. The molecule has 7 nitrogen and oxygen atoms in total. The first-order chi connectivity index (χ1) is 13.6. The second kappa shape index (κ2) is 6.30. The number of amides is 1. The largest absolute Gasteiger partial charge is 0.332 e. The topological polar surface area (TPSA) is 68.3 Å². The molecule has 0 atom stereocenters. The number of fused-ring (bicyclic) bond motifs is 3. The van der Waals surface area contributed by atoms with E-state index in [4.69, 9.17) is 0 Å². The highest BCUT2D eigenvalue weighted by Gasteiger charge is 2.26. The van der Waals surface area contributed by atoms with Gasteiger partial charge in [-0.15, -0.1) is 0 Å². The molecule has 1 amide bonds. The fraction of sp³-hybridized carbons (Fsp3) is 0.238. The van der Waals surface area contributed by atoms with Crippen LogP contribution in [-0.4, -0.2) is 41.7 Å². The van der Waals surface area contributed by atoms with Gasteiger partial charge >= 0.3 is 0 Å². The van der Waals surface area contributed by atoms with Crippen molar-refractivity contribution in [2.75, 3.05) is 6.54 Å². The van der Waals surface area contributed by atoms with Gasteiger partial charge in [-0.05, 0) is 13.0 Å². The highest BCUT2D eigenvalue weighted by Crippen LogP contribution is 2.23. The van der Waals surface area contributed by atoms with E-state index in [0.29, 0.717) is 18.8 Å². The van der Waals surface area contributed by atoms with E-state index in [1.54, 1.807) is 4.68 Å². The van der Waals surface area contributed by atoms with Crippen LogP contribution in [0.4, 0.5) is 0 Å². The van der Waals surface area contributed by atoms with Gasteiger partial charge in [0.15, 0.2) is 5.65 Å². The monoisotopic (exact) mass is 372 g/mol. The lowest BCUT2D eigenvalue weighted by Crippen LogP contribution is -2.37. The van der Waals surface area contributed by atoms with Crippen LogP contribution < -0.4 is 0 Å². The first-order valence-electron chi connectivity index (χ1n) is 9.32. The minimum absolute atomic E-state index is 0.0143. The fourth-order valence-corrected chi connectivity index (χ4v) is 3.81. The van der Waals surface area contributed by atoms with Crippen molar-refractivity contribution in [3.63, 3.8) is 0 Å². The van der Waals surface area contributed by atoms with E-state index in [-0.39, 0.29) is 5.91 Å². The highest BCUT2D eigenvalue weighted by atomic mass is 16.2. The lowest BCUT2D eigenvalue weighted by Gasteiger charge is -2.28. The van der Waals surface area contributed by atoms with Crippen LogP contribution in [-0.2, 0) is 20.0 Å². The zero-order valence-electron chi connectivity index (χ0n) is 15.8. The Bertz CT molecular complexity index is 1190. The van der Waals surface area contributed by atoms with Crippen molar-refractivity contribution < 1.29 is 4.79 Å². The quantitative estimate of drug-likeness (QED) is 0.542. The van der Waals surface area contributed by atoms with Gasteiger partial charge in [0, 0.05) is 49.9 Å². The maximum Gasteiger partial charge on any atom is 0.272 e. The van der Waals surface area contributed by atoms with Crippen molar-refractivity contribution in [1.29, 1.82) is 0 Å².